The van der Waals surface area contributed by atoms with E-state index >= 15 is 0 Å². The Kier molecular flexibility index (Phi) is 4.81. The summed E-state index contributed by atoms with van der Waals surface area (Å²) in [5.74, 6) is 2.49. The lowest BCUT2D eigenvalue weighted by atomic mass is 10.1. The molecule has 1 amide bonds. The standard InChI is InChI=1S/C17H28N4O/c1-3-19(4-2)10-15-11-20-8-7-18-16(20)13-21(12-15)17(22)9-14-5-6-14/h7-8,14-15H,3-6,9-13H2,1-2H3. The maximum absolute atomic E-state index is 12.6. The first kappa shape index (κ1) is 15.5. The highest BCUT2D eigenvalue weighted by molar-refractivity contribution is 5.76. The summed E-state index contributed by atoms with van der Waals surface area (Å²) >= 11 is 0. The lowest BCUT2D eigenvalue weighted by Gasteiger charge is -2.28. The van der Waals surface area contributed by atoms with Gasteiger partial charge in [-0.2, -0.15) is 0 Å². The van der Waals surface area contributed by atoms with Gasteiger partial charge in [-0.05, 0) is 31.8 Å². The van der Waals surface area contributed by atoms with Gasteiger partial charge >= 0.3 is 0 Å². The van der Waals surface area contributed by atoms with E-state index in [9.17, 15) is 4.79 Å². The zero-order chi connectivity index (χ0) is 15.5. The highest BCUT2D eigenvalue weighted by atomic mass is 16.2. The molecule has 2 aliphatic rings. The fraction of sp³-hybridized carbons (Fsp3) is 0.765. The van der Waals surface area contributed by atoms with Gasteiger partial charge in [0.15, 0.2) is 0 Å². The van der Waals surface area contributed by atoms with E-state index in [0.717, 1.165) is 45.0 Å². The summed E-state index contributed by atoms with van der Waals surface area (Å²) in [6.07, 6.45) is 7.12. The van der Waals surface area contributed by atoms with Gasteiger partial charge in [-0.15, -0.1) is 0 Å². The molecule has 1 aliphatic heterocycles. The molecule has 1 aliphatic carbocycles. The third-order valence-electron chi connectivity index (χ3n) is 4.99. The van der Waals surface area contributed by atoms with Crippen LogP contribution in [0.25, 0.3) is 0 Å². The van der Waals surface area contributed by atoms with E-state index in [-0.39, 0.29) is 0 Å². The third-order valence-corrected chi connectivity index (χ3v) is 4.99. The number of amides is 1. The van der Waals surface area contributed by atoms with Crippen molar-refractivity contribution in [2.45, 2.75) is 46.2 Å². The van der Waals surface area contributed by atoms with Gasteiger partial charge in [-0.1, -0.05) is 13.8 Å². The molecule has 22 heavy (non-hydrogen) atoms. The van der Waals surface area contributed by atoms with E-state index in [1.807, 2.05) is 6.20 Å². The van der Waals surface area contributed by atoms with Crippen molar-refractivity contribution in [3.8, 4) is 0 Å². The van der Waals surface area contributed by atoms with Gasteiger partial charge < -0.3 is 14.4 Å². The number of nitrogens with zero attached hydrogens (tertiary/aromatic N) is 4. The molecule has 1 unspecified atom stereocenters. The maximum Gasteiger partial charge on any atom is 0.223 e. The highest BCUT2D eigenvalue weighted by Gasteiger charge is 2.30. The average Bonchev–Trinajstić information content (AvgIpc) is 3.26. The van der Waals surface area contributed by atoms with Crippen molar-refractivity contribution in [3.05, 3.63) is 18.2 Å². The van der Waals surface area contributed by atoms with E-state index in [4.69, 9.17) is 0 Å². The Morgan fingerprint density at radius 3 is 2.73 bits per heavy atom. The zero-order valence-electron chi connectivity index (χ0n) is 13.9. The van der Waals surface area contributed by atoms with Gasteiger partial charge in [0, 0.05) is 44.4 Å². The maximum atomic E-state index is 12.6. The van der Waals surface area contributed by atoms with Crippen LogP contribution in [0.2, 0.25) is 0 Å². The summed E-state index contributed by atoms with van der Waals surface area (Å²) in [6.45, 7) is 10.1. The van der Waals surface area contributed by atoms with Crippen LogP contribution in [0.4, 0.5) is 0 Å². The Morgan fingerprint density at radius 1 is 1.27 bits per heavy atom. The van der Waals surface area contributed by atoms with Crippen LogP contribution < -0.4 is 0 Å². The van der Waals surface area contributed by atoms with Gasteiger partial charge in [0.25, 0.3) is 0 Å². The minimum absolute atomic E-state index is 0.323. The molecule has 0 aromatic carbocycles. The predicted octanol–water partition coefficient (Wildman–Crippen LogP) is 1.98. The Labute approximate surface area is 133 Å². The fourth-order valence-corrected chi connectivity index (χ4v) is 3.39. The van der Waals surface area contributed by atoms with Crippen molar-refractivity contribution in [1.82, 2.24) is 19.4 Å². The molecule has 1 saturated carbocycles. The third kappa shape index (κ3) is 3.69. The fourth-order valence-electron chi connectivity index (χ4n) is 3.39. The second-order valence-corrected chi connectivity index (χ2v) is 6.77. The normalized spacial score (nSPS) is 21.8. The quantitative estimate of drug-likeness (QED) is 0.807. The summed E-state index contributed by atoms with van der Waals surface area (Å²) in [4.78, 5) is 21.5. The summed E-state index contributed by atoms with van der Waals surface area (Å²) < 4.78 is 2.23. The van der Waals surface area contributed by atoms with Crippen LogP contribution in [-0.2, 0) is 17.9 Å². The van der Waals surface area contributed by atoms with Gasteiger partial charge in [0.1, 0.15) is 5.82 Å². The molecule has 122 valence electrons. The summed E-state index contributed by atoms with van der Waals surface area (Å²) in [7, 11) is 0. The molecule has 5 nitrogen and oxygen atoms in total. The van der Waals surface area contributed by atoms with E-state index in [1.54, 1.807) is 0 Å². The van der Waals surface area contributed by atoms with Crippen molar-refractivity contribution in [2.75, 3.05) is 26.2 Å². The number of aromatic nitrogens is 2. The minimum atomic E-state index is 0.323. The van der Waals surface area contributed by atoms with Crippen molar-refractivity contribution < 1.29 is 4.79 Å². The number of carbonyl (C=O) groups excluding carboxylic acids is 1. The Balaban J connectivity index is 1.71. The lowest BCUT2D eigenvalue weighted by Crippen LogP contribution is -2.39. The first-order valence-electron chi connectivity index (χ1n) is 8.69. The predicted molar refractivity (Wildman–Crippen MR) is 86.3 cm³/mol. The molecule has 1 atom stereocenters. The molecule has 1 aromatic heterocycles. The zero-order valence-corrected chi connectivity index (χ0v) is 13.9. The molecule has 0 radical (unpaired) electrons. The molecule has 0 N–H and O–H groups in total. The molecule has 0 spiro atoms. The van der Waals surface area contributed by atoms with Crippen molar-refractivity contribution in [2.24, 2.45) is 11.8 Å². The van der Waals surface area contributed by atoms with Crippen LogP contribution in [0, 0.1) is 11.8 Å². The van der Waals surface area contributed by atoms with Crippen LogP contribution >= 0.6 is 0 Å². The average molecular weight is 304 g/mol. The van der Waals surface area contributed by atoms with E-state index in [1.165, 1.54) is 12.8 Å². The minimum Gasteiger partial charge on any atom is -0.335 e. The monoisotopic (exact) mass is 304 g/mol. The Bertz CT molecular complexity index is 505. The molecular formula is C17H28N4O. The molecule has 2 heterocycles. The van der Waals surface area contributed by atoms with Crippen LogP contribution in [0.5, 0.6) is 0 Å². The number of rotatable bonds is 6. The molecular weight excluding hydrogens is 276 g/mol. The van der Waals surface area contributed by atoms with E-state index in [2.05, 4.69) is 39.4 Å². The van der Waals surface area contributed by atoms with Gasteiger partial charge in [-0.3, -0.25) is 4.79 Å². The lowest BCUT2D eigenvalue weighted by molar-refractivity contribution is -0.132. The number of imidazole rings is 1. The first-order valence-corrected chi connectivity index (χ1v) is 8.69. The van der Waals surface area contributed by atoms with Gasteiger partial charge in [-0.25, -0.2) is 4.98 Å². The van der Waals surface area contributed by atoms with Gasteiger partial charge in [0.05, 0.1) is 6.54 Å². The summed E-state index contributed by atoms with van der Waals surface area (Å²) in [6, 6.07) is 0. The second-order valence-electron chi connectivity index (χ2n) is 6.77. The van der Waals surface area contributed by atoms with Crippen LogP contribution in [0.1, 0.15) is 38.9 Å². The van der Waals surface area contributed by atoms with Crippen LogP contribution in [0.3, 0.4) is 0 Å². The van der Waals surface area contributed by atoms with Crippen LogP contribution in [0.15, 0.2) is 12.4 Å². The van der Waals surface area contributed by atoms with Crippen LogP contribution in [-0.4, -0.2) is 51.4 Å². The largest absolute Gasteiger partial charge is 0.335 e. The second kappa shape index (κ2) is 6.82. The van der Waals surface area contributed by atoms with E-state index in [0.29, 0.717) is 24.3 Å². The van der Waals surface area contributed by atoms with Crippen molar-refractivity contribution in [3.63, 3.8) is 0 Å². The number of hydrogen-bond acceptors (Lipinski definition) is 3. The summed E-state index contributed by atoms with van der Waals surface area (Å²) in [5, 5.41) is 0. The number of fused-ring (bicyclic) bond motifs is 1. The summed E-state index contributed by atoms with van der Waals surface area (Å²) in [5.41, 5.74) is 0. The topological polar surface area (TPSA) is 41.4 Å². The molecule has 5 heteroatoms. The Hall–Kier alpha value is -1.36. The SMILES string of the molecule is CCN(CC)CC1CN(C(=O)CC2CC2)Cc2nccn2C1. The molecule has 0 saturated heterocycles. The molecule has 3 rings (SSSR count). The smallest absolute Gasteiger partial charge is 0.223 e. The molecule has 0 bridgehead atoms. The first-order chi connectivity index (χ1) is 10.7. The number of carbonyl (C=O) groups is 1. The highest BCUT2D eigenvalue weighted by Crippen LogP contribution is 2.33. The van der Waals surface area contributed by atoms with Crippen molar-refractivity contribution >= 4 is 5.91 Å². The molecule has 1 fully saturated rings. The number of hydrogen-bond donors (Lipinski definition) is 0. The van der Waals surface area contributed by atoms with E-state index < -0.39 is 0 Å². The van der Waals surface area contributed by atoms with Crippen molar-refractivity contribution in [1.29, 1.82) is 0 Å². The molecule has 1 aromatic rings. The Morgan fingerprint density at radius 2 is 2.05 bits per heavy atom. The van der Waals surface area contributed by atoms with Gasteiger partial charge in [0.2, 0.25) is 5.91 Å².